The van der Waals surface area contributed by atoms with E-state index in [1.54, 1.807) is 6.92 Å². The van der Waals surface area contributed by atoms with Crippen LogP contribution in [0.15, 0.2) is 0 Å². The van der Waals surface area contributed by atoms with Crippen LogP contribution in [-0.2, 0) is 18.6 Å². The van der Waals surface area contributed by atoms with Gasteiger partial charge in [0.2, 0.25) is 0 Å². The lowest BCUT2D eigenvalue weighted by Crippen LogP contribution is -2.23. The molecule has 2 atom stereocenters. The second-order valence-electron chi connectivity index (χ2n) is 3.98. The smallest absolute Gasteiger partial charge is 0.379 e. The molecule has 0 aliphatic heterocycles. The molecule has 0 radical (unpaired) electrons. The predicted molar refractivity (Wildman–Crippen MR) is 78.2 cm³/mol. The van der Waals surface area contributed by atoms with Gasteiger partial charge in [0.1, 0.15) is 0 Å². The average molecular weight is 343 g/mol. The summed E-state index contributed by atoms with van der Waals surface area (Å²) in [7, 11) is -4.42. The highest BCUT2D eigenvalue weighted by Gasteiger charge is 2.19. The van der Waals surface area contributed by atoms with Crippen molar-refractivity contribution in [2.24, 2.45) is 0 Å². The summed E-state index contributed by atoms with van der Waals surface area (Å²) in [6.45, 7) is 6.79. The highest BCUT2D eigenvalue weighted by molar-refractivity contribution is 7.46. The molecule has 19 heavy (non-hydrogen) atoms. The normalized spacial score (nSPS) is 14.2. The summed E-state index contributed by atoms with van der Waals surface area (Å²) in [6.07, 6.45) is 1.34. The summed E-state index contributed by atoms with van der Waals surface area (Å²) in [5.74, 6) is 0. The molecule has 0 bridgehead atoms. The molecule has 0 aromatic rings. The van der Waals surface area contributed by atoms with E-state index < -0.39 is 13.9 Å². The largest absolute Gasteiger partial charge is 0.469 e. The second-order valence-corrected chi connectivity index (χ2v) is 5.17. The van der Waals surface area contributed by atoms with E-state index in [2.05, 4.69) is 11.4 Å². The molecule has 2 unspecified atom stereocenters. The summed E-state index contributed by atoms with van der Waals surface area (Å²) in [6, 6.07) is 0. The molecule has 0 rings (SSSR count). The van der Waals surface area contributed by atoms with Crippen LogP contribution in [0.1, 0.15) is 33.6 Å². The van der Waals surface area contributed by atoms with E-state index in [9.17, 15) is 4.57 Å². The van der Waals surface area contributed by atoms with E-state index >= 15 is 0 Å². The van der Waals surface area contributed by atoms with Crippen molar-refractivity contribution in [2.75, 3.05) is 19.8 Å². The van der Waals surface area contributed by atoms with E-state index in [0.29, 0.717) is 13.2 Å². The minimum absolute atomic E-state index is 0. The van der Waals surface area contributed by atoms with Crippen molar-refractivity contribution in [3.63, 3.8) is 0 Å². The number of unbranched alkanes of at least 4 members (excludes halogenated alkanes) is 1. The van der Waals surface area contributed by atoms with Crippen LogP contribution in [0, 0.1) is 0 Å². The highest BCUT2D eigenvalue weighted by Crippen LogP contribution is 2.37. The lowest BCUT2D eigenvalue weighted by atomic mass is 10.3. The van der Waals surface area contributed by atoms with Gasteiger partial charge in [-0.15, -0.1) is 24.8 Å². The maximum Gasteiger partial charge on any atom is 0.469 e. The molecule has 120 valence electrons. The van der Waals surface area contributed by atoms with E-state index in [1.165, 1.54) is 0 Å². The first-order valence-electron chi connectivity index (χ1n) is 5.78. The van der Waals surface area contributed by atoms with E-state index in [-0.39, 0.29) is 37.5 Å². The maximum atomic E-state index is 10.5. The number of phosphoric ester groups is 1. The number of hydrogen-bond acceptors (Lipinski definition) is 4. The minimum Gasteiger partial charge on any atom is -0.379 e. The number of hydrogen-bond donors (Lipinski definition) is 2. The molecule has 2 N–H and O–H groups in total. The van der Waals surface area contributed by atoms with Gasteiger partial charge in [-0.3, -0.25) is 4.52 Å². The Kier molecular flexibility index (Phi) is 17.6. The van der Waals surface area contributed by atoms with Gasteiger partial charge in [-0.2, -0.15) is 0 Å². The Hall–Kier alpha value is 0.610. The fourth-order valence-corrected chi connectivity index (χ4v) is 1.64. The van der Waals surface area contributed by atoms with E-state index in [0.717, 1.165) is 12.8 Å². The molecule has 0 aliphatic rings. The topological polar surface area (TPSA) is 85.2 Å². The van der Waals surface area contributed by atoms with Crippen LogP contribution in [0.4, 0.5) is 0 Å². The third-order valence-electron chi connectivity index (χ3n) is 1.93. The zero-order valence-electron chi connectivity index (χ0n) is 11.5. The van der Waals surface area contributed by atoms with Crippen LogP contribution >= 0.6 is 32.6 Å². The lowest BCUT2D eigenvalue weighted by Gasteiger charge is -2.17. The zero-order chi connectivity index (χ0) is 13.3. The molecule has 0 aromatic heterocycles. The lowest BCUT2D eigenvalue weighted by molar-refractivity contribution is -0.0360. The van der Waals surface area contributed by atoms with Crippen LogP contribution in [-0.4, -0.2) is 41.8 Å². The van der Waals surface area contributed by atoms with Crippen molar-refractivity contribution >= 4 is 32.6 Å². The Morgan fingerprint density at radius 2 is 1.68 bits per heavy atom. The van der Waals surface area contributed by atoms with Gasteiger partial charge in [-0.05, 0) is 20.3 Å². The first-order valence-corrected chi connectivity index (χ1v) is 7.31. The van der Waals surface area contributed by atoms with Gasteiger partial charge in [-0.25, -0.2) is 4.57 Å². The SMILES string of the molecule is CCCCOCC(C)OCC(C)OP(=O)(O)O.Cl.Cl. The van der Waals surface area contributed by atoms with E-state index in [4.69, 9.17) is 19.3 Å². The predicted octanol–water partition coefficient (Wildman–Crippen LogP) is 2.55. The highest BCUT2D eigenvalue weighted by atomic mass is 35.5. The van der Waals surface area contributed by atoms with Gasteiger partial charge >= 0.3 is 7.82 Å². The Morgan fingerprint density at radius 1 is 1.11 bits per heavy atom. The number of halogens is 2. The monoisotopic (exact) mass is 342 g/mol. The fraction of sp³-hybridized carbons (Fsp3) is 1.00. The summed E-state index contributed by atoms with van der Waals surface area (Å²) in [5.41, 5.74) is 0. The summed E-state index contributed by atoms with van der Waals surface area (Å²) >= 11 is 0. The Morgan fingerprint density at radius 3 is 2.16 bits per heavy atom. The number of rotatable bonds is 10. The maximum absolute atomic E-state index is 10.5. The molecule has 0 aromatic carbocycles. The van der Waals surface area contributed by atoms with Crippen molar-refractivity contribution in [2.45, 2.75) is 45.8 Å². The zero-order valence-corrected chi connectivity index (χ0v) is 14.0. The second kappa shape index (κ2) is 13.6. The third-order valence-corrected chi connectivity index (χ3v) is 2.56. The molecule has 0 fully saturated rings. The standard InChI is InChI=1S/C10H23O6P.2ClH/c1-4-5-6-14-7-9(2)15-8-10(3)16-17(11,12)13;;/h9-10H,4-8H2,1-3H3,(H2,11,12,13);2*1H. The van der Waals surface area contributed by atoms with Crippen LogP contribution in [0.25, 0.3) is 0 Å². The molecule has 0 amide bonds. The molecule has 0 saturated carbocycles. The summed E-state index contributed by atoms with van der Waals surface area (Å²) < 4.78 is 25.6. The van der Waals surface area contributed by atoms with Crippen molar-refractivity contribution in [3.05, 3.63) is 0 Å². The van der Waals surface area contributed by atoms with Crippen LogP contribution < -0.4 is 0 Å². The van der Waals surface area contributed by atoms with Crippen LogP contribution in [0.3, 0.4) is 0 Å². The van der Waals surface area contributed by atoms with Crippen molar-refractivity contribution in [1.29, 1.82) is 0 Å². The summed E-state index contributed by atoms with van der Waals surface area (Å²) in [5, 5.41) is 0. The molecular weight excluding hydrogens is 318 g/mol. The summed E-state index contributed by atoms with van der Waals surface area (Å²) in [4.78, 5) is 17.1. The molecule has 9 heteroatoms. The van der Waals surface area contributed by atoms with Crippen molar-refractivity contribution in [3.8, 4) is 0 Å². The average Bonchev–Trinajstić information content (AvgIpc) is 2.19. The Bertz CT molecular complexity index is 238. The van der Waals surface area contributed by atoms with Gasteiger partial charge in [-0.1, -0.05) is 13.3 Å². The molecule has 0 saturated heterocycles. The molecule has 6 nitrogen and oxygen atoms in total. The van der Waals surface area contributed by atoms with Crippen LogP contribution in [0.5, 0.6) is 0 Å². The third kappa shape index (κ3) is 18.6. The van der Waals surface area contributed by atoms with E-state index in [1.807, 2.05) is 6.92 Å². The Balaban J connectivity index is -0.00000128. The quantitative estimate of drug-likeness (QED) is 0.468. The number of phosphoric acid groups is 1. The Labute approximate surface area is 127 Å². The molecule has 0 heterocycles. The fourth-order valence-electron chi connectivity index (χ4n) is 1.11. The van der Waals surface area contributed by atoms with Gasteiger partial charge in [0.05, 0.1) is 25.4 Å². The van der Waals surface area contributed by atoms with Crippen LogP contribution in [0.2, 0.25) is 0 Å². The van der Waals surface area contributed by atoms with Crippen molar-refractivity contribution < 1.29 is 28.3 Å². The molecule has 0 aliphatic carbocycles. The number of ether oxygens (including phenoxy) is 2. The van der Waals surface area contributed by atoms with Gasteiger partial charge in [0, 0.05) is 6.61 Å². The molecular formula is C10H25Cl2O6P. The molecule has 0 spiro atoms. The van der Waals surface area contributed by atoms with Gasteiger partial charge in [0.25, 0.3) is 0 Å². The van der Waals surface area contributed by atoms with Gasteiger partial charge < -0.3 is 19.3 Å². The first kappa shape index (κ1) is 24.6. The minimum atomic E-state index is -4.42. The van der Waals surface area contributed by atoms with Crippen molar-refractivity contribution in [1.82, 2.24) is 0 Å². The van der Waals surface area contributed by atoms with Gasteiger partial charge in [0.15, 0.2) is 0 Å². The first-order chi connectivity index (χ1) is 7.85.